The molecule has 0 spiro atoms. The van der Waals surface area contributed by atoms with Gasteiger partial charge in [-0.05, 0) is 25.8 Å². The van der Waals surface area contributed by atoms with Crippen LogP contribution >= 0.6 is 0 Å². The van der Waals surface area contributed by atoms with Gasteiger partial charge in [-0.15, -0.1) is 0 Å². The average Bonchev–Trinajstić information content (AvgIpc) is 2.36. The van der Waals surface area contributed by atoms with Gasteiger partial charge in [-0.1, -0.05) is 20.3 Å². The summed E-state index contributed by atoms with van der Waals surface area (Å²) < 4.78 is 0. The van der Waals surface area contributed by atoms with Crippen molar-refractivity contribution < 1.29 is 9.59 Å². The minimum Gasteiger partial charge on any atom is -0.368 e. The number of nitrogens with zero attached hydrogens (tertiary/aromatic N) is 1. The van der Waals surface area contributed by atoms with Crippen LogP contribution in [-0.2, 0) is 9.59 Å². The minimum absolute atomic E-state index is 0.0312. The molecule has 0 bridgehead atoms. The molecule has 0 aromatic heterocycles. The van der Waals surface area contributed by atoms with Gasteiger partial charge in [-0.25, -0.2) is 0 Å². The van der Waals surface area contributed by atoms with Crippen LogP contribution in [-0.4, -0.2) is 42.4 Å². The van der Waals surface area contributed by atoms with E-state index in [0.717, 1.165) is 38.8 Å². The van der Waals surface area contributed by atoms with Gasteiger partial charge < -0.3 is 16.0 Å². The van der Waals surface area contributed by atoms with Crippen LogP contribution in [0.4, 0.5) is 0 Å². The van der Waals surface area contributed by atoms with E-state index in [1.165, 1.54) is 0 Å². The SMILES string of the molecule is CCCC(C)C(=O)N(CC(N)=O)C1CCCNC1. The lowest BCUT2D eigenvalue weighted by Crippen LogP contribution is -2.52. The van der Waals surface area contributed by atoms with Crippen LogP contribution in [0, 0.1) is 5.92 Å². The number of piperidine rings is 1. The van der Waals surface area contributed by atoms with Crippen LogP contribution in [0.3, 0.4) is 0 Å². The highest BCUT2D eigenvalue weighted by atomic mass is 16.2. The molecule has 3 N–H and O–H groups in total. The van der Waals surface area contributed by atoms with Crippen LogP contribution in [0.2, 0.25) is 0 Å². The molecule has 0 saturated carbocycles. The lowest BCUT2D eigenvalue weighted by atomic mass is 10.0. The predicted molar refractivity (Wildman–Crippen MR) is 70.9 cm³/mol. The van der Waals surface area contributed by atoms with Crippen molar-refractivity contribution in [2.75, 3.05) is 19.6 Å². The van der Waals surface area contributed by atoms with Crippen LogP contribution in [0.5, 0.6) is 0 Å². The number of amides is 2. The first-order chi connectivity index (χ1) is 8.56. The van der Waals surface area contributed by atoms with Gasteiger partial charge in [0.1, 0.15) is 0 Å². The lowest BCUT2D eigenvalue weighted by molar-refractivity contribution is -0.141. The quantitative estimate of drug-likeness (QED) is 0.725. The summed E-state index contributed by atoms with van der Waals surface area (Å²) in [4.78, 5) is 25.2. The Hall–Kier alpha value is -1.10. The fourth-order valence-electron chi connectivity index (χ4n) is 2.49. The van der Waals surface area contributed by atoms with Crippen molar-refractivity contribution in [2.24, 2.45) is 11.7 Å². The molecule has 1 aliphatic heterocycles. The number of primary amides is 1. The zero-order valence-electron chi connectivity index (χ0n) is 11.4. The van der Waals surface area contributed by atoms with Crippen molar-refractivity contribution in [3.63, 3.8) is 0 Å². The van der Waals surface area contributed by atoms with Gasteiger partial charge in [-0.3, -0.25) is 9.59 Å². The zero-order valence-corrected chi connectivity index (χ0v) is 11.4. The second-order valence-electron chi connectivity index (χ2n) is 5.12. The van der Waals surface area contributed by atoms with E-state index in [-0.39, 0.29) is 24.4 Å². The highest BCUT2D eigenvalue weighted by Gasteiger charge is 2.29. The Kier molecular flexibility index (Phi) is 6.12. The summed E-state index contributed by atoms with van der Waals surface area (Å²) in [6.07, 6.45) is 3.81. The van der Waals surface area contributed by atoms with Gasteiger partial charge in [0.2, 0.25) is 11.8 Å². The van der Waals surface area contributed by atoms with E-state index >= 15 is 0 Å². The van der Waals surface area contributed by atoms with Crippen molar-refractivity contribution in [3.05, 3.63) is 0 Å². The Morgan fingerprint density at radius 2 is 2.22 bits per heavy atom. The first-order valence-corrected chi connectivity index (χ1v) is 6.85. The topological polar surface area (TPSA) is 75.4 Å². The van der Waals surface area contributed by atoms with E-state index in [1.54, 1.807) is 4.90 Å². The van der Waals surface area contributed by atoms with Gasteiger partial charge >= 0.3 is 0 Å². The largest absolute Gasteiger partial charge is 0.368 e. The maximum atomic E-state index is 12.4. The van der Waals surface area contributed by atoms with E-state index in [9.17, 15) is 9.59 Å². The molecular formula is C13H25N3O2. The summed E-state index contributed by atoms with van der Waals surface area (Å²) in [5.41, 5.74) is 5.26. The van der Waals surface area contributed by atoms with Crippen molar-refractivity contribution >= 4 is 11.8 Å². The van der Waals surface area contributed by atoms with Gasteiger partial charge in [0.25, 0.3) is 0 Å². The molecule has 1 saturated heterocycles. The van der Waals surface area contributed by atoms with E-state index in [4.69, 9.17) is 5.73 Å². The summed E-state index contributed by atoms with van der Waals surface area (Å²) in [6, 6.07) is 0.109. The summed E-state index contributed by atoms with van der Waals surface area (Å²) in [5.74, 6) is -0.404. The van der Waals surface area contributed by atoms with Crippen molar-refractivity contribution in [2.45, 2.75) is 45.6 Å². The Labute approximate surface area is 109 Å². The second-order valence-corrected chi connectivity index (χ2v) is 5.12. The van der Waals surface area contributed by atoms with E-state index in [2.05, 4.69) is 12.2 Å². The molecule has 2 amide bonds. The molecule has 1 fully saturated rings. The Morgan fingerprint density at radius 1 is 1.50 bits per heavy atom. The zero-order chi connectivity index (χ0) is 13.5. The standard InChI is InChI=1S/C13H25N3O2/c1-3-5-10(2)13(18)16(9-12(14)17)11-6-4-7-15-8-11/h10-11,15H,3-9H2,1-2H3,(H2,14,17). The predicted octanol–water partition coefficient (Wildman–Crippen LogP) is 0.489. The lowest BCUT2D eigenvalue weighted by Gasteiger charge is -2.35. The fraction of sp³-hybridized carbons (Fsp3) is 0.846. The third kappa shape index (κ3) is 4.29. The molecule has 2 atom stereocenters. The van der Waals surface area contributed by atoms with Crippen molar-refractivity contribution in [3.8, 4) is 0 Å². The number of carbonyl (C=O) groups excluding carboxylic acids is 2. The molecule has 2 unspecified atom stereocenters. The normalized spacial score (nSPS) is 21.3. The fourth-order valence-corrected chi connectivity index (χ4v) is 2.49. The Balaban J connectivity index is 2.69. The molecule has 1 heterocycles. The highest BCUT2D eigenvalue weighted by Crippen LogP contribution is 2.16. The average molecular weight is 255 g/mol. The van der Waals surface area contributed by atoms with Gasteiger partial charge in [0, 0.05) is 18.5 Å². The van der Waals surface area contributed by atoms with Crippen LogP contribution in [0.1, 0.15) is 39.5 Å². The number of hydrogen-bond acceptors (Lipinski definition) is 3. The first kappa shape index (κ1) is 15.0. The third-order valence-corrected chi connectivity index (χ3v) is 3.46. The maximum Gasteiger partial charge on any atom is 0.237 e. The number of hydrogen-bond donors (Lipinski definition) is 2. The van der Waals surface area contributed by atoms with E-state index < -0.39 is 5.91 Å². The van der Waals surface area contributed by atoms with E-state index in [0.29, 0.717) is 0 Å². The highest BCUT2D eigenvalue weighted by molar-refractivity contribution is 5.85. The molecule has 18 heavy (non-hydrogen) atoms. The number of rotatable bonds is 6. The van der Waals surface area contributed by atoms with Crippen molar-refractivity contribution in [1.82, 2.24) is 10.2 Å². The van der Waals surface area contributed by atoms with Gasteiger partial charge in [0.05, 0.1) is 6.54 Å². The molecule has 104 valence electrons. The summed E-state index contributed by atoms with van der Waals surface area (Å²) >= 11 is 0. The molecule has 0 aromatic rings. The number of nitrogens with two attached hydrogens (primary N) is 1. The number of nitrogens with one attached hydrogen (secondary N) is 1. The third-order valence-electron chi connectivity index (χ3n) is 3.46. The molecule has 0 aliphatic carbocycles. The minimum atomic E-state index is -0.433. The summed E-state index contributed by atoms with van der Waals surface area (Å²) in [6.45, 7) is 5.77. The summed E-state index contributed by atoms with van der Waals surface area (Å²) in [5, 5.41) is 3.27. The van der Waals surface area contributed by atoms with Gasteiger partial charge in [0.15, 0.2) is 0 Å². The molecule has 0 aromatic carbocycles. The van der Waals surface area contributed by atoms with Crippen LogP contribution in [0.15, 0.2) is 0 Å². The molecule has 1 rings (SSSR count). The summed E-state index contributed by atoms with van der Waals surface area (Å²) in [7, 11) is 0. The second kappa shape index (κ2) is 7.36. The Morgan fingerprint density at radius 3 is 2.72 bits per heavy atom. The number of carbonyl (C=O) groups is 2. The van der Waals surface area contributed by atoms with Crippen LogP contribution in [0.25, 0.3) is 0 Å². The molecule has 1 aliphatic rings. The first-order valence-electron chi connectivity index (χ1n) is 6.85. The molecular weight excluding hydrogens is 230 g/mol. The Bertz CT molecular complexity index is 288. The molecule has 0 radical (unpaired) electrons. The monoisotopic (exact) mass is 255 g/mol. The molecule has 5 heteroatoms. The smallest absolute Gasteiger partial charge is 0.237 e. The maximum absolute atomic E-state index is 12.4. The van der Waals surface area contributed by atoms with Crippen LogP contribution < -0.4 is 11.1 Å². The van der Waals surface area contributed by atoms with E-state index in [1.807, 2.05) is 6.92 Å². The van der Waals surface area contributed by atoms with Crippen molar-refractivity contribution in [1.29, 1.82) is 0 Å². The molecule has 5 nitrogen and oxygen atoms in total. The van der Waals surface area contributed by atoms with Gasteiger partial charge in [-0.2, -0.15) is 0 Å².